The Morgan fingerprint density at radius 1 is 1.06 bits per heavy atom. The van der Waals surface area contributed by atoms with Crippen LogP contribution in [0.4, 0.5) is 0 Å². The van der Waals surface area contributed by atoms with Crippen molar-refractivity contribution >= 4 is 8.56 Å². The van der Waals surface area contributed by atoms with Crippen molar-refractivity contribution in [2.75, 3.05) is 20.8 Å². The van der Waals surface area contributed by atoms with Crippen molar-refractivity contribution in [3.63, 3.8) is 0 Å². The van der Waals surface area contributed by atoms with Crippen LogP contribution in [0.5, 0.6) is 0 Å². The Labute approximate surface area is 112 Å². The van der Waals surface area contributed by atoms with Gasteiger partial charge in [-0.25, -0.2) is 0 Å². The Bertz CT molecular complexity index is 315. The highest BCUT2D eigenvalue weighted by molar-refractivity contribution is 6.65. The van der Waals surface area contributed by atoms with Crippen LogP contribution >= 0.6 is 0 Å². The van der Waals surface area contributed by atoms with Crippen molar-refractivity contribution in [1.82, 2.24) is 5.32 Å². The first kappa shape index (κ1) is 15.4. The number of unbranched alkanes of at least 4 members (excludes halogenated alkanes) is 1. The molecule has 0 saturated heterocycles. The van der Waals surface area contributed by atoms with Gasteiger partial charge in [0.2, 0.25) is 0 Å². The van der Waals surface area contributed by atoms with Crippen LogP contribution in [-0.2, 0) is 15.4 Å². The van der Waals surface area contributed by atoms with Gasteiger partial charge in [0.25, 0.3) is 0 Å². The molecule has 0 unspecified atom stereocenters. The minimum atomic E-state index is -1.85. The van der Waals surface area contributed by atoms with Crippen LogP contribution in [0, 0.1) is 0 Å². The van der Waals surface area contributed by atoms with Gasteiger partial charge in [-0.2, -0.15) is 0 Å². The molecule has 0 saturated carbocycles. The van der Waals surface area contributed by atoms with Crippen molar-refractivity contribution in [2.24, 2.45) is 0 Å². The van der Waals surface area contributed by atoms with Crippen molar-refractivity contribution < 1.29 is 8.85 Å². The number of hydrogen-bond donors (Lipinski definition) is 1. The third kappa shape index (κ3) is 5.77. The lowest BCUT2D eigenvalue weighted by molar-refractivity contribution is 0.248. The van der Waals surface area contributed by atoms with E-state index in [4.69, 9.17) is 8.85 Å². The van der Waals surface area contributed by atoms with E-state index in [1.54, 1.807) is 14.2 Å². The molecular formula is C14H25NO2Si. The fourth-order valence-electron chi connectivity index (χ4n) is 1.81. The molecule has 0 aliphatic carbocycles. The molecule has 102 valence electrons. The van der Waals surface area contributed by atoms with Crippen LogP contribution in [0.15, 0.2) is 30.3 Å². The second-order valence-corrected chi connectivity index (χ2v) is 8.25. The van der Waals surface area contributed by atoms with Crippen LogP contribution in [0.3, 0.4) is 0 Å². The van der Waals surface area contributed by atoms with Gasteiger partial charge < -0.3 is 14.2 Å². The zero-order valence-electron chi connectivity index (χ0n) is 11.7. The number of rotatable bonds is 9. The average Bonchev–Trinajstić information content (AvgIpc) is 2.43. The van der Waals surface area contributed by atoms with Gasteiger partial charge in [-0.15, -0.1) is 0 Å². The summed E-state index contributed by atoms with van der Waals surface area (Å²) in [7, 11) is 1.66. The molecule has 0 aromatic heterocycles. The molecule has 18 heavy (non-hydrogen) atoms. The van der Waals surface area contributed by atoms with E-state index in [9.17, 15) is 0 Å². The lowest BCUT2D eigenvalue weighted by Gasteiger charge is -2.22. The molecule has 0 aliphatic rings. The smallest absolute Gasteiger partial charge is 0.334 e. The first-order valence-electron chi connectivity index (χ1n) is 6.55. The molecule has 3 nitrogen and oxygen atoms in total. The Morgan fingerprint density at radius 3 is 2.33 bits per heavy atom. The van der Waals surface area contributed by atoms with E-state index in [-0.39, 0.29) is 0 Å². The van der Waals surface area contributed by atoms with Crippen LogP contribution in [-0.4, -0.2) is 29.3 Å². The fourth-order valence-corrected chi connectivity index (χ4v) is 3.28. The molecule has 0 heterocycles. The SMILES string of the molecule is CO[Si](C)(CCCCNCc1ccccc1)OC. The molecular weight excluding hydrogens is 242 g/mol. The van der Waals surface area contributed by atoms with Crippen LogP contribution < -0.4 is 5.32 Å². The van der Waals surface area contributed by atoms with Gasteiger partial charge in [-0.05, 0) is 31.1 Å². The number of hydrogen-bond acceptors (Lipinski definition) is 3. The Kier molecular flexibility index (Phi) is 7.20. The molecule has 1 aromatic rings. The van der Waals surface area contributed by atoms with E-state index in [2.05, 4.69) is 36.1 Å². The normalized spacial score (nSPS) is 11.7. The maximum Gasteiger partial charge on any atom is 0.334 e. The van der Waals surface area contributed by atoms with E-state index >= 15 is 0 Å². The van der Waals surface area contributed by atoms with E-state index in [0.717, 1.165) is 25.6 Å². The van der Waals surface area contributed by atoms with Crippen molar-refractivity contribution in [3.05, 3.63) is 35.9 Å². The molecule has 0 atom stereocenters. The Hall–Kier alpha value is -0.683. The standard InChI is InChI=1S/C14H25NO2Si/c1-16-18(3,17-2)12-8-7-11-15-13-14-9-5-4-6-10-14/h4-6,9-10,15H,7-8,11-13H2,1-3H3. The highest BCUT2D eigenvalue weighted by atomic mass is 28.4. The highest BCUT2D eigenvalue weighted by Gasteiger charge is 2.27. The van der Waals surface area contributed by atoms with Crippen LogP contribution in [0.1, 0.15) is 18.4 Å². The van der Waals surface area contributed by atoms with Gasteiger partial charge >= 0.3 is 8.56 Å². The van der Waals surface area contributed by atoms with E-state index in [0.29, 0.717) is 0 Å². The molecule has 1 rings (SSSR count). The second kappa shape index (κ2) is 8.42. The van der Waals surface area contributed by atoms with Crippen molar-refractivity contribution in [3.8, 4) is 0 Å². The summed E-state index contributed by atoms with van der Waals surface area (Å²) in [5.74, 6) is 0. The summed E-state index contributed by atoms with van der Waals surface area (Å²) in [6.45, 7) is 4.11. The van der Waals surface area contributed by atoms with Crippen molar-refractivity contribution in [1.29, 1.82) is 0 Å². The summed E-state index contributed by atoms with van der Waals surface area (Å²) in [5, 5.41) is 3.46. The lowest BCUT2D eigenvalue weighted by atomic mass is 10.2. The third-order valence-electron chi connectivity index (χ3n) is 3.27. The van der Waals surface area contributed by atoms with Crippen molar-refractivity contribution in [2.45, 2.75) is 32.0 Å². The first-order chi connectivity index (χ1) is 8.70. The summed E-state index contributed by atoms with van der Waals surface area (Å²) in [6, 6.07) is 11.5. The Balaban J connectivity index is 2.06. The molecule has 0 bridgehead atoms. The summed E-state index contributed by atoms with van der Waals surface area (Å²) in [6.07, 6.45) is 2.33. The predicted molar refractivity (Wildman–Crippen MR) is 77.8 cm³/mol. The summed E-state index contributed by atoms with van der Waals surface area (Å²) >= 11 is 0. The van der Waals surface area contributed by atoms with Gasteiger partial charge in [0, 0.05) is 20.8 Å². The van der Waals surface area contributed by atoms with E-state index in [1.165, 1.54) is 12.0 Å². The van der Waals surface area contributed by atoms with E-state index in [1.807, 2.05) is 6.07 Å². The summed E-state index contributed by atoms with van der Waals surface area (Å²) in [5.41, 5.74) is 1.34. The minimum absolute atomic E-state index is 0.949. The average molecular weight is 267 g/mol. The molecule has 0 fully saturated rings. The first-order valence-corrected chi connectivity index (χ1v) is 9.07. The second-order valence-electron chi connectivity index (χ2n) is 4.66. The molecule has 1 N–H and O–H groups in total. The zero-order chi connectivity index (χ0) is 13.3. The van der Waals surface area contributed by atoms with Gasteiger partial charge in [0.15, 0.2) is 0 Å². The number of nitrogens with one attached hydrogen (secondary N) is 1. The molecule has 0 amide bonds. The third-order valence-corrected chi connectivity index (χ3v) is 6.26. The largest absolute Gasteiger partial charge is 0.398 e. The molecule has 0 spiro atoms. The summed E-state index contributed by atoms with van der Waals surface area (Å²) < 4.78 is 10.9. The molecule has 0 aliphatic heterocycles. The maximum atomic E-state index is 5.46. The van der Waals surface area contributed by atoms with E-state index < -0.39 is 8.56 Å². The summed E-state index contributed by atoms with van der Waals surface area (Å²) in [4.78, 5) is 0. The highest BCUT2D eigenvalue weighted by Crippen LogP contribution is 2.14. The Morgan fingerprint density at radius 2 is 1.72 bits per heavy atom. The van der Waals surface area contributed by atoms with Gasteiger partial charge in [0.05, 0.1) is 0 Å². The quantitative estimate of drug-likeness (QED) is 0.551. The molecule has 1 aromatic carbocycles. The molecule has 4 heteroatoms. The predicted octanol–water partition coefficient (Wildman–Crippen LogP) is 2.92. The van der Waals surface area contributed by atoms with Crippen LogP contribution in [0.25, 0.3) is 0 Å². The topological polar surface area (TPSA) is 30.5 Å². The zero-order valence-corrected chi connectivity index (χ0v) is 12.7. The fraction of sp³-hybridized carbons (Fsp3) is 0.571. The number of benzene rings is 1. The molecule has 0 radical (unpaired) electrons. The maximum absolute atomic E-state index is 5.46. The van der Waals surface area contributed by atoms with Crippen LogP contribution in [0.2, 0.25) is 12.6 Å². The van der Waals surface area contributed by atoms with Gasteiger partial charge in [-0.1, -0.05) is 36.8 Å². The monoisotopic (exact) mass is 267 g/mol. The van der Waals surface area contributed by atoms with Gasteiger partial charge in [0.1, 0.15) is 0 Å². The van der Waals surface area contributed by atoms with Gasteiger partial charge in [-0.3, -0.25) is 0 Å². The minimum Gasteiger partial charge on any atom is -0.398 e. The lowest BCUT2D eigenvalue weighted by Crippen LogP contribution is -2.35.